The number of rotatable bonds is 4. The second kappa shape index (κ2) is 7.43. The van der Waals surface area contributed by atoms with E-state index < -0.39 is 11.9 Å². The number of carboxylic acids is 1. The molecule has 7 heteroatoms. The van der Waals surface area contributed by atoms with Crippen LogP contribution in [0.2, 0.25) is 0 Å². The smallest absolute Gasteiger partial charge is 0.303 e. The highest BCUT2D eigenvalue weighted by molar-refractivity contribution is 6.00. The summed E-state index contributed by atoms with van der Waals surface area (Å²) in [5.41, 5.74) is 1.08. The van der Waals surface area contributed by atoms with Gasteiger partial charge in [0.05, 0.1) is 5.92 Å². The Hall–Kier alpha value is -2.44. The molecule has 0 aliphatic carbocycles. The molecule has 3 rings (SSSR count). The molecule has 1 aromatic rings. The standard InChI is InChI=1S/C19H23FN2O4/c1-12-8-15(2-3-16(12)20)22-11-14(10-17(22)23)19(26)21-6-4-13(5-7-21)9-18(24)25/h2-3,8,13-14H,4-7,9-11H2,1H3,(H,24,25). The normalized spacial score (nSPS) is 21.3. The molecule has 140 valence electrons. The van der Waals surface area contributed by atoms with Crippen LogP contribution in [-0.4, -0.2) is 47.4 Å². The molecule has 0 spiro atoms. The number of aryl methyl sites for hydroxylation is 1. The van der Waals surface area contributed by atoms with E-state index in [1.807, 2.05) is 0 Å². The third kappa shape index (κ3) is 3.86. The minimum Gasteiger partial charge on any atom is -0.481 e. The molecule has 2 heterocycles. The van der Waals surface area contributed by atoms with E-state index in [1.165, 1.54) is 6.07 Å². The number of aliphatic carboxylic acids is 1. The molecule has 26 heavy (non-hydrogen) atoms. The fraction of sp³-hybridized carbons (Fsp3) is 0.526. The topological polar surface area (TPSA) is 77.9 Å². The van der Waals surface area contributed by atoms with Crippen molar-refractivity contribution >= 4 is 23.5 Å². The van der Waals surface area contributed by atoms with Crippen LogP contribution in [0.3, 0.4) is 0 Å². The first kappa shape index (κ1) is 18.4. The van der Waals surface area contributed by atoms with Crippen LogP contribution < -0.4 is 4.90 Å². The van der Waals surface area contributed by atoms with Crippen LogP contribution >= 0.6 is 0 Å². The number of likely N-dealkylation sites (tertiary alicyclic amines) is 1. The zero-order chi connectivity index (χ0) is 18.8. The summed E-state index contributed by atoms with van der Waals surface area (Å²) in [5, 5.41) is 8.87. The van der Waals surface area contributed by atoms with Crippen molar-refractivity contribution in [2.24, 2.45) is 11.8 Å². The number of anilines is 1. The number of carboxylic acid groups (broad SMARTS) is 1. The van der Waals surface area contributed by atoms with Crippen LogP contribution in [0, 0.1) is 24.6 Å². The summed E-state index contributed by atoms with van der Waals surface area (Å²) < 4.78 is 13.4. The summed E-state index contributed by atoms with van der Waals surface area (Å²) in [6, 6.07) is 4.52. The van der Waals surface area contributed by atoms with Crippen molar-refractivity contribution in [1.29, 1.82) is 0 Å². The van der Waals surface area contributed by atoms with Crippen LogP contribution in [0.5, 0.6) is 0 Å². The summed E-state index contributed by atoms with van der Waals surface area (Å²) in [4.78, 5) is 39.2. The van der Waals surface area contributed by atoms with Gasteiger partial charge in [-0.2, -0.15) is 0 Å². The molecule has 1 unspecified atom stereocenters. The van der Waals surface area contributed by atoms with Crippen molar-refractivity contribution in [3.63, 3.8) is 0 Å². The van der Waals surface area contributed by atoms with Gasteiger partial charge < -0.3 is 14.9 Å². The first-order chi connectivity index (χ1) is 12.3. The molecule has 2 amide bonds. The first-order valence-corrected chi connectivity index (χ1v) is 8.92. The van der Waals surface area contributed by atoms with Crippen molar-refractivity contribution in [2.45, 2.75) is 32.6 Å². The molecule has 2 aliphatic rings. The lowest BCUT2D eigenvalue weighted by Crippen LogP contribution is -2.42. The van der Waals surface area contributed by atoms with E-state index in [9.17, 15) is 18.8 Å². The zero-order valence-corrected chi connectivity index (χ0v) is 14.8. The number of hydrogen-bond donors (Lipinski definition) is 1. The number of benzene rings is 1. The van der Waals surface area contributed by atoms with Crippen molar-refractivity contribution in [3.05, 3.63) is 29.6 Å². The Morgan fingerprint density at radius 2 is 1.96 bits per heavy atom. The van der Waals surface area contributed by atoms with E-state index in [4.69, 9.17) is 5.11 Å². The Labute approximate surface area is 151 Å². The summed E-state index contributed by atoms with van der Waals surface area (Å²) in [7, 11) is 0. The molecule has 0 saturated carbocycles. The van der Waals surface area contributed by atoms with Gasteiger partial charge in [0.2, 0.25) is 11.8 Å². The van der Waals surface area contributed by atoms with E-state index in [-0.39, 0.29) is 36.4 Å². The minimum atomic E-state index is -0.804. The SMILES string of the molecule is Cc1cc(N2CC(C(=O)N3CCC(CC(=O)O)CC3)CC2=O)ccc1F. The highest BCUT2D eigenvalue weighted by Gasteiger charge is 2.38. The third-order valence-corrected chi connectivity index (χ3v) is 5.32. The second-order valence-electron chi connectivity index (χ2n) is 7.21. The quantitative estimate of drug-likeness (QED) is 0.891. The minimum absolute atomic E-state index is 0.0477. The number of carbonyl (C=O) groups is 3. The fourth-order valence-electron chi connectivity index (χ4n) is 3.78. The van der Waals surface area contributed by atoms with E-state index >= 15 is 0 Å². The van der Waals surface area contributed by atoms with Crippen molar-refractivity contribution < 1.29 is 23.9 Å². The number of hydrogen-bond acceptors (Lipinski definition) is 3. The molecule has 1 aromatic carbocycles. The monoisotopic (exact) mass is 362 g/mol. The van der Waals surface area contributed by atoms with Gasteiger partial charge in [0.15, 0.2) is 0 Å². The van der Waals surface area contributed by atoms with Gasteiger partial charge in [0, 0.05) is 38.2 Å². The summed E-state index contributed by atoms with van der Waals surface area (Å²) in [6.07, 6.45) is 1.66. The van der Waals surface area contributed by atoms with Gasteiger partial charge in [-0.3, -0.25) is 14.4 Å². The molecule has 2 fully saturated rings. The predicted molar refractivity (Wildman–Crippen MR) is 93.2 cm³/mol. The molecule has 1 atom stereocenters. The predicted octanol–water partition coefficient (Wildman–Crippen LogP) is 2.20. The number of amides is 2. The number of piperidine rings is 1. The number of halogens is 1. The third-order valence-electron chi connectivity index (χ3n) is 5.32. The van der Waals surface area contributed by atoms with Crippen LogP contribution in [0.25, 0.3) is 0 Å². The number of carbonyl (C=O) groups excluding carboxylic acids is 2. The fourth-order valence-corrected chi connectivity index (χ4v) is 3.78. The summed E-state index contributed by atoms with van der Waals surface area (Å²) in [5.74, 6) is -1.59. The highest BCUT2D eigenvalue weighted by atomic mass is 19.1. The van der Waals surface area contributed by atoms with Gasteiger partial charge in [0.25, 0.3) is 0 Å². The van der Waals surface area contributed by atoms with Gasteiger partial charge in [-0.1, -0.05) is 0 Å². The van der Waals surface area contributed by atoms with Crippen LogP contribution in [0.15, 0.2) is 18.2 Å². The van der Waals surface area contributed by atoms with E-state index in [0.717, 1.165) is 0 Å². The van der Waals surface area contributed by atoms with Gasteiger partial charge >= 0.3 is 5.97 Å². The van der Waals surface area contributed by atoms with Crippen LogP contribution in [0.4, 0.5) is 10.1 Å². The molecule has 1 N–H and O–H groups in total. The maximum Gasteiger partial charge on any atom is 0.303 e. The van der Waals surface area contributed by atoms with Gasteiger partial charge in [-0.25, -0.2) is 4.39 Å². The average Bonchev–Trinajstić information content (AvgIpc) is 2.99. The molecule has 0 aromatic heterocycles. The van der Waals surface area contributed by atoms with Crippen molar-refractivity contribution in [2.75, 3.05) is 24.5 Å². The Morgan fingerprint density at radius 1 is 1.27 bits per heavy atom. The summed E-state index contributed by atoms with van der Waals surface area (Å²) >= 11 is 0. The Kier molecular flexibility index (Phi) is 5.25. The van der Waals surface area contributed by atoms with E-state index in [0.29, 0.717) is 43.7 Å². The highest BCUT2D eigenvalue weighted by Crippen LogP contribution is 2.29. The van der Waals surface area contributed by atoms with Crippen LogP contribution in [0.1, 0.15) is 31.2 Å². The maximum absolute atomic E-state index is 13.4. The second-order valence-corrected chi connectivity index (χ2v) is 7.21. The average molecular weight is 362 g/mol. The van der Waals surface area contributed by atoms with E-state index in [1.54, 1.807) is 28.9 Å². The van der Waals surface area contributed by atoms with Crippen molar-refractivity contribution in [1.82, 2.24) is 4.90 Å². The molecule has 2 saturated heterocycles. The lowest BCUT2D eigenvalue weighted by Gasteiger charge is -2.33. The Morgan fingerprint density at radius 3 is 2.58 bits per heavy atom. The van der Waals surface area contributed by atoms with Crippen LogP contribution in [-0.2, 0) is 14.4 Å². The Balaban J connectivity index is 1.61. The van der Waals surface area contributed by atoms with Gasteiger partial charge in [0.1, 0.15) is 5.82 Å². The van der Waals surface area contributed by atoms with Gasteiger partial charge in [-0.05, 0) is 49.4 Å². The molecular weight excluding hydrogens is 339 g/mol. The maximum atomic E-state index is 13.4. The molecule has 2 aliphatic heterocycles. The van der Waals surface area contributed by atoms with E-state index in [2.05, 4.69) is 0 Å². The molecule has 0 radical (unpaired) electrons. The zero-order valence-electron chi connectivity index (χ0n) is 14.8. The first-order valence-electron chi connectivity index (χ1n) is 8.92. The van der Waals surface area contributed by atoms with Crippen molar-refractivity contribution in [3.8, 4) is 0 Å². The number of nitrogens with zero attached hydrogens (tertiary/aromatic N) is 2. The molecular formula is C19H23FN2O4. The lowest BCUT2D eigenvalue weighted by molar-refractivity contribution is -0.139. The molecule has 0 bridgehead atoms. The Bertz CT molecular complexity index is 728. The largest absolute Gasteiger partial charge is 0.481 e. The summed E-state index contributed by atoms with van der Waals surface area (Å²) in [6.45, 7) is 3.02. The molecule has 6 nitrogen and oxygen atoms in total. The van der Waals surface area contributed by atoms with Gasteiger partial charge in [-0.15, -0.1) is 0 Å². The lowest BCUT2D eigenvalue weighted by atomic mass is 9.92.